The highest BCUT2D eigenvalue weighted by molar-refractivity contribution is 6.32. The second-order valence-corrected chi connectivity index (χ2v) is 5.79. The summed E-state index contributed by atoms with van der Waals surface area (Å²) in [6, 6.07) is 0.254. The van der Waals surface area contributed by atoms with Crippen LogP contribution in [0.4, 0.5) is 5.82 Å². The first kappa shape index (κ1) is 15.0. The molecular weight excluding hydrogens is 308 g/mol. The molecule has 0 radical (unpaired) electrons. The van der Waals surface area contributed by atoms with Crippen molar-refractivity contribution in [1.82, 2.24) is 25.0 Å². The highest BCUT2D eigenvalue weighted by Crippen LogP contribution is 2.31. The first-order chi connectivity index (χ1) is 10.6. The quantitative estimate of drug-likeness (QED) is 0.888. The van der Waals surface area contributed by atoms with E-state index in [1.807, 2.05) is 4.90 Å². The molecule has 1 saturated heterocycles. The summed E-state index contributed by atoms with van der Waals surface area (Å²) in [5, 5.41) is 19.0. The molecule has 3 heterocycles. The van der Waals surface area contributed by atoms with Crippen LogP contribution >= 0.6 is 11.6 Å². The second kappa shape index (κ2) is 6.05. The van der Waals surface area contributed by atoms with Gasteiger partial charge in [-0.2, -0.15) is 4.98 Å². The van der Waals surface area contributed by atoms with Gasteiger partial charge in [-0.25, -0.2) is 9.67 Å². The molecule has 1 unspecified atom stereocenters. The third kappa shape index (κ3) is 3.12. The Balaban J connectivity index is 1.80. The molecule has 0 aliphatic carbocycles. The zero-order valence-corrected chi connectivity index (χ0v) is 12.9. The Labute approximate surface area is 132 Å². The first-order valence-electron chi connectivity index (χ1n) is 6.98. The average Bonchev–Trinajstić information content (AvgIpc) is 3.00. The van der Waals surface area contributed by atoms with Crippen molar-refractivity contribution < 1.29 is 9.84 Å². The maximum Gasteiger partial charge on any atom is 0.318 e. The highest BCUT2D eigenvalue weighted by atomic mass is 35.5. The van der Waals surface area contributed by atoms with Gasteiger partial charge in [0.2, 0.25) is 0 Å². The summed E-state index contributed by atoms with van der Waals surface area (Å²) < 4.78 is 6.68. The van der Waals surface area contributed by atoms with E-state index in [1.54, 1.807) is 17.1 Å². The van der Waals surface area contributed by atoms with E-state index in [9.17, 15) is 5.11 Å². The van der Waals surface area contributed by atoms with Crippen LogP contribution in [0.3, 0.4) is 0 Å². The molecule has 1 N–H and O–H groups in total. The van der Waals surface area contributed by atoms with Crippen molar-refractivity contribution in [3.8, 4) is 6.01 Å². The van der Waals surface area contributed by atoms with Crippen LogP contribution in [0.25, 0.3) is 0 Å². The topological polar surface area (TPSA) is 89.2 Å². The van der Waals surface area contributed by atoms with Gasteiger partial charge in [-0.15, -0.1) is 5.10 Å². The lowest BCUT2D eigenvalue weighted by Crippen LogP contribution is -2.51. The second-order valence-electron chi connectivity index (χ2n) is 5.38. The lowest BCUT2D eigenvalue weighted by atomic mass is 9.93. The molecule has 22 heavy (non-hydrogen) atoms. The number of halogens is 1. The van der Waals surface area contributed by atoms with Gasteiger partial charge in [0.05, 0.1) is 26.0 Å². The number of methoxy groups -OCH3 is 1. The summed E-state index contributed by atoms with van der Waals surface area (Å²) in [7, 11) is 1.50. The van der Waals surface area contributed by atoms with Crippen molar-refractivity contribution in [3.63, 3.8) is 0 Å². The van der Waals surface area contributed by atoms with Gasteiger partial charge in [0, 0.05) is 19.3 Å². The van der Waals surface area contributed by atoms with Gasteiger partial charge >= 0.3 is 6.01 Å². The largest absolute Gasteiger partial charge is 0.467 e. The molecule has 8 nitrogen and oxygen atoms in total. The molecule has 3 rings (SSSR count). The number of hydrogen-bond acceptors (Lipinski definition) is 7. The van der Waals surface area contributed by atoms with E-state index in [-0.39, 0.29) is 6.01 Å². The molecular formula is C13H17ClN6O2. The average molecular weight is 325 g/mol. The van der Waals surface area contributed by atoms with Gasteiger partial charge in [-0.05, 0) is 12.8 Å². The van der Waals surface area contributed by atoms with E-state index in [0.717, 1.165) is 13.0 Å². The van der Waals surface area contributed by atoms with Crippen LogP contribution in [0.1, 0.15) is 12.8 Å². The van der Waals surface area contributed by atoms with Gasteiger partial charge in [0.15, 0.2) is 5.82 Å². The number of β-amino-alcohol motifs (C(OH)–C–C–N with tert-alkyl or cyclic N) is 1. The van der Waals surface area contributed by atoms with E-state index in [2.05, 4.69) is 20.3 Å². The number of ether oxygens (including phenoxy) is 1. The Morgan fingerprint density at radius 1 is 1.50 bits per heavy atom. The number of anilines is 1. The van der Waals surface area contributed by atoms with Crippen molar-refractivity contribution in [2.45, 2.75) is 25.0 Å². The van der Waals surface area contributed by atoms with Gasteiger partial charge in [-0.3, -0.25) is 0 Å². The summed E-state index contributed by atoms with van der Waals surface area (Å²) in [4.78, 5) is 10.2. The molecule has 0 bridgehead atoms. The molecule has 1 aliphatic heterocycles. The number of piperidine rings is 1. The molecule has 0 aromatic carbocycles. The zero-order chi connectivity index (χ0) is 15.6. The maximum absolute atomic E-state index is 10.8. The minimum absolute atomic E-state index is 0.254. The van der Waals surface area contributed by atoms with Crippen LogP contribution in [0.15, 0.2) is 18.6 Å². The Morgan fingerprint density at radius 3 is 3.09 bits per heavy atom. The standard InChI is InChI=1S/C13H17ClN6O2/c1-22-12-15-7-10(14)11(17-12)19-5-2-3-13(21,8-19)9-20-6-4-16-18-20/h4,6-7,21H,2-3,5,8-9H2,1H3. The fourth-order valence-electron chi connectivity index (χ4n) is 2.70. The summed E-state index contributed by atoms with van der Waals surface area (Å²) in [6.07, 6.45) is 6.35. The van der Waals surface area contributed by atoms with Crippen LogP contribution in [0.5, 0.6) is 6.01 Å². The molecule has 9 heteroatoms. The molecule has 118 valence electrons. The van der Waals surface area contributed by atoms with Crippen LogP contribution in [-0.4, -0.2) is 55.9 Å². The molecule has 0 amide bonds. The number of hydrogen-bond donors (Lipinski definition) is 1. The van der Waals surface area contributed by atoms with E-state index < -0.39 is 5.60 Å². The minimum Gasteiger partial charge on any atom is -0.467 e. The smallest absolute Gasteiger partial charge is 0.318 e. The molecule has 2 aromatic rings. The lowest BCUT2D eigenvalue weighted by molar-refractivity contribution is 0.00583. The van der Waals surface area contributed by atoms with E-state index in [1.165, 1.54) is 13.3 Å². The fourth-order valence-corrected chi connectivity index (χ4v) is 2.91. The molecule has 0 spiro atoms. The number of aromatic nitrogens is 5. The van der Waals surface area contributed by atoms with E-state index >= 15 is 0 Å². The molecule has 0 saturated carbocycles. The Bertz CT molecular complexity index is 637. The predicted molar refractivity (Wildman–Crippen MR) is 80.0 cm³/mol. The zero-order valence-electron chi connectivity index (χ0n) is 12.2. The molecule has 1 aliphatic rings. The molecule has 1 atom stereocenters. The van der Waals surface area contributed by atoms with Crippen molar-refractivity contribution >= 4 is 17.4 Å². The van der Waals surface area contributed by atoms with Crippen molar-refractivity contribution in [1.29, 1.82) is 0 Å². The Morgan fingerprint density at radius 2 is 2.36 bits per heavy atom. The summed E-state index contributed by atoms with van der Waals surface area (Å²) in [5.41, 5.74) is -0.909. The fraction of sp³-hybridized carbons (Fsp3) is 0.538. The van der Waals surface area contributed by atoms with E-state index in [4.69, 9.17) is 16.3 Å². The van der Waals surface area contributed by atoms with Crippen LogP contribution < -0.4 is 9.64 Å². The third-order valence-corrected chi connectivity index (χ3v) is 3.94. The van der Waals surface area contributed by atoms with Gasteiger partial charge in [0.1, 0.15) is 10.6 Å². The van der Waals surface area contributed by atoms with Crippen molar-refractivity contribution in [2.24, 2.45) is 0 Å². The van der Waals surface area contributed by atoms with Crippen molar-refractivity contribution in [3.05, 3.63) is 23.6 Å². The van der Waals surface area contributed by atoms with Gasteiger partial charge in [0.25, 0.3) is 0 Å². The van der Waals surface area contributed by atoms with E-state index in [0.29, 0.717) is 30.4 Å². The Kier molecular flexibility index (Phi) is 4.12. The van der Waals surface area contributed by atoms with Crippen LogP contribution in [-0.2, 0) is 6.54 Å². The summed E-state index contributed by atoms with van der Waals surface area (Å²) >= 11 is 6.19. The normalized spacial score (nSPS) is 21.9. The Hall–Kier alpha value is -1.93. The summed E-state index contributed by atoms with van der Waals surface area (Å²) in [6.45, 7) is 1.55. The lowest BCUT2D eigenvalue weighted by Gasteiger charge is -2.39. The maximum atomic E-state index is 10.8. The number of rotatable bonds is 4. The predicted octanol–water partition coefficient (Wildman–Crippen LogP) is 0.762. The number of nitrogens with zero attached hydrogens (tertiary/aromatic N) is 6. The highest BCUT2D eigenvalue weighted by Gasteiger charge is 2.35. The van der Waals surface area contributed by atoms with Crippen molar-refractivity contribution in [2.75, 3.05) is 25.1 Å². The molecule has 2 aromatic heterocycles. The SMILES string of the molecule is COc1ncc(Cl)c(N2CCCC(O)(Cn3ccnn3)C2)n1. The monoisotopic (exact) mass is 324 g/mol. The number of aliphatic hydroxyl groups is 1. The van der Waals surface area contributed by atoms with Gasteiger partial charge in [-0.1, -0.05) is 16.8 Å². The third-order valence-electron chi connectivity index (χ3n) is 3.67. The summed E-state index contributed by atoms with van der Waals surface area (Å²) in [5.74, 6) is 0.574. The van der Waals surface area contributed by atoms with Gasteiger partial charge < -0.3 is 14.7 Å². The molecule has 1 fully saturated rings. The van der Waals surface area contributed by atoms with Crippen LogP contribution in [0.2, 0.25) is 5.02 Å². The minimum atomic E-state index is -0.909. The first-order valence-corrected chi connectivity index (χ1v) is 7.35. The van der Waals surface area contributed by atoms with Crippen LogP contribution in [0, 0.1) is 0 Å².